The summed E-state index contributed by atoms with van der Waals surface area (Å²) in [6.07, 6.45) is 0. The van der Waals surface area contributed by atoms with Crippen molar-refractivity contribution in [1.82, 2.24) is 0 Å². The van der Waals surface area contributed by atoms with Gasteiger partial charge in [0.25, 0.3) is 0 Å². The van der Waals surface area contributed by atoms with E-state index in [2.05, 4.69) is 0 Å². The highest BCUT2D eigenvalue weighted by Crippen LogP contribution is 2.22. The van der Waals surface area contributed by atoms with Crippen molar-refractivity contribution >= 4 is 10.8 Å². The lowest BCUT2D eigenvalue weighted by atomic mass is 10.0. The van der Waals surface area contributed by atoms with Crippen LogP contribution < -0.4 is 0 Å². The highest BCUT2D eigenvalue weighted by atomic mass is 19.1. The third kappa shape index (κ3) is 1.31. The number of hydrogen-bond donors (Lipinski definition) is 0. The molecule has 0 nitrogen and oxygen atoms in total. The van der Waals surface area contributed by atoms with Gasteiger partial charge in [-0.3, -0.25) is 0 Å². The van der Waals surface area contributed by atoms with Crippen molar-refractivity contribution in [2.24, 2.45) is 0 Å². The van der Waals surface area contributed by atoms with Gasteiger partial charge in [-0.1, -0.05) is 36.4 Å². The average Bonchev–Trinajstić information content (AvgIpc) is 2.19. The monoisotopic (exact) mass is 174 g/mol. The normalized spacial score (nSPS) is 10.6. The zero-order valence-corrected chi connectivity index (χ0v) is 7.55. The van der Waals surface area contributed by atoms with Gasteiger partial charge < -0.3 is 0 Å². The van der Waals surface area contributed by atoms with Crippen molar-refractivity contribution in [1.29, 1.82) is 0 Å². The number of hydrogen-bond acceptors (Lipinski definition) is 0. The summed E-state index contributed by atoms with van der Waals surface area (Å²) in [5.41, 5.74) is 1.98. The Balaban J connectivity index is 2.84. The van der Waals surface area contributed by atoms with E-state index in [4.69, 9.17) is 0 Å². The molecule has 0 radical (unpaired) electrons. The molecule has 0 saturated heterocycles. The molecule has 0 amide bonds. The zero-order valence-electron chi connectivity index (χ0n) is 7.55. The minimum atomic E-state index is -0.388. The van der Waals surface area contributed by atoms with Crippen LogP contribution >= 0.6 is 0 Å². The summed E-state index contributed by atoms with van der Waals surface area (Å²) in [6, 6.07) is 11.8. The van der Waals surface area contributed by atoms with E-state index in [0.717, 1.165) is 16.3 Å². The molecule has 2 rings (SSSR count). The Morgan fingerprint density at radius 3 is 2.38 bits per heavy atom. The van der Waals surface area contributed by atoms with Crippen LogP contribution in [0.25, 0.3) is 10.8 Å². The van der Waals surface area contributed by atoms with Crippen molar-refractivity contribution in [3.63, 3.8) is 0 Å². The maximum absolute atomic E-state index is 12.6. The van der Waals surface area contributed by atoms with E-state index in [1.807, 2.05) is 43.3 Å². The molecule has 2 aromatic carbocycles. The van der Waals surface area contributed by atoms with Gasteiger partial charge >= 0.3 is 0 Å². The fourth-order valence-electron chi connectivity index (χ4n) is 1.63. The van der Waals surface area contributed by atoms with Crippen molar-refractivity contribution in [2.45, 2.75) is 13.6 Å². The lowest BCUT2D eigenvalue weighted by molar-refractivity contribution is 0.488. The van der Waals surface area contributed by atoms with Gasteiger partial charge in [-0.25, -0.2) is 4.39 Å². The van der Waals surface area contributed by atoms with Gasteiger partial charge in [0.05, 0.1) is 0 Å². The summed E-state index contributed by atoms with van der Waals surface area (Å²) in [5, 5.41) is 2.18. The van der Waals surface area contributed by atoms with Gasteiger partial charge in [0.15, 0.2) is 0 Å². The third-order valence-corrected chi connectivity index (χ3v) is 2.38. The molecule has 0 fully saturated rings. The second-order valence-electron chi connectivity index (χ2n) is 3.22. The van der Waals surface area contributed by atoms with E-state index in [1.165, 1.54) is 5.56 Å². The Hall–Kier alpha value is -1.37. The molecule has 0 aliphatic heterocycles. The molecule has 0 heterocycles. The van der Waals surface area contributed by atoms with Crippen LogP contribution in [0.15, 0.2) is 36.4 Å². The van der Waals surface area contributed by atoms with E-state index < -0.39 is 0 Å². The fraction of sp³-hybridized carbons (Fsp3) is 0.167. The third-order valence-electron chi connectivity index (χ3n) is 2.38. The molecule has 0 aliphatic carbocycles. The molecule has 0 aliphatic rings. The molecule has 0 spiro atoms. The van der Waals surface area contributed by atoms with Gasteiger partial charge in [-0.05, 0) is 28.8 Å². The molecule has 2 aromatic rings. The number of halogens is 1. The Kier molecular flexibility index (Phi) is 2.01. The largest absolute Gasteiger partial charge is 0.246 e. The van der Waals surface area contributed by atoms with E-state index in [1.54, 1.807) is 0 Å². The predicted molar refractivity (Wildman–Crippen MR) is 53.5 cm³/mol. The predicted octanol–water partition coefficient (Wildman–Crippen LogP) is 3.62. The molecular weight excluding hydrogens is 163 g/mol. The first-order valence-electron chi connectivity index (χ1n) is 4.36. The number of benzene rings is 2. The number of fused-ring (bicyclic) bond motifs is 1. The summed E-state index contributed by atoms with van der Waals surface area (Å²) < 4.78 is 12.6. The molecule has 1 heteroatoms. The topological polar surface area (TPSA) is 0 Å². The first-order chi connectivity index (χ1) is 6.33. The summed E-state index contributed by atoms with van der Waals surface area (Å²) in [5.74, 6) is 0. The molecule has 0 unspecified atom stereocenters. The number of rotatable bonds is 1. The van der Waals surface area contributed by atoms with Gasteiger partial charge in [-0.15, -0.1) is 0 Å². The quantitative estimate of drug-likeness (QED) is 0.619. The fourth-order valence-corrected chi connectivity index (χ4v) is 1.63. The van der Waals surface area contributed by atoms with Gasteiger partial charge in [-0.2, -0.15) is 0 Å². The number of aryl methyl sites for hydroxylation is 1. The van der Waals surface area contributed by atoms with E-state index in [-0.39, 0.29) is 6.67 Å². The minimum Gasteiger partial charge on any atom is -0.246 e. The SMILES string of the molecule is Cc1ccc(CF)c2ccccc12. The molecule has 0 aromatic heterocycles. The van der Waals surface area contributed by atoms with Gasteiger partial charge in [0, 0.05) is 0 Å². The summed E-state index contributed by atoms with van der Waals surface area (Å²) >= 11 is 0. The molecule has 13 heavy (non-hydrogen) atoms. The maximum atomic E-state index is 12.6. The lowest BCUT2D eigenvalue weighted by Crippen LogP contribution is -1.84. The van der Waals surface area contributed by atoms with E-state index in [9.17, 15) is 4.39 Å². The van der Waals surface area contributed by atoms with Crippen LogP contribution in [0.1, 0.15) is 11.1 Å². The van der Waals surface area contributed by atoms with E-state index in [0.29, 0.717) is 0 Å². The molecule has 66 valence electrons. The molecule has 0 bridgehead atoms. The molecule has 0 N–H and O–H groups in total. The smallest absolute Gasteiger partial charge is 0.115 e. The maximum Gasteiger partial charge on any atom is 0.115 e. The van der Waals surface area contributed by atoms with Crippen LogP contribution in [-0.2, 0) is 6.67 Å². The summed E-state index contributed by atoms with van der Waals surface area (Å²) in [6.45, 7) is 1.66. The van der Waals surface area contributed by atoms with Crippen LogP contribution in [0.5, 0.6) is 0 Å². The van der Waals surface area contributed by atoms with Crippen molar-refractivity contribution in [2.75, 3.05) is 0 Å². The van der Waals surface area contributed by atoms with Crippen LogP contribution in [0.2, 0.25) is 0 Å². The average molecular weight is 174 g/mol. The Labute approximate surface area is 77.0 Å². The van der Waals surface area contributed by atoms with Crippen LogP contribution in [0.3, 0.4) is 0 Å². The Morgan fingerprint density at radius 1 is 1.00 bits per heavy atom. The highest BCUT2D eigenvalue weighted by molar-refractivity contribution is 5.88. The highest BCUT2D eigenvalue weighted by Gasteiger charge is 2.01. The van der Waals surface area contributed by atoms with E-state index >= 15 is 0 Å². The number of alkyl halides is 1. The second kappa shape index (κ2) is 3.17. The summed E-state index contributed by atoms with van der Waals surface area (Å²) in [4.78, 5) is 0. The van der Waals surface area contributed by atoms with Crippen molar-refractivity contribution < 1.29 is 4.39 Å². The minimum absolute atomic E-state index is 0.388. The molecular formula is C12H11F. The van der Waals surface area contributed by atoms with Gasteiger partial charge in [0.2, 0.25) is 0 Å². The Bertz CT molecular complexity index is 432. The van der Waals surface area contributed by atoms with Crippen LogP contribution in [-0.4, -0.2) is 0 Å². The zero-order chi connectivity index (χ0) is 9.26. The first-order valence-corrected chi connectivity index (χ1v) is 4.36. The lowest BCUT2D eigenvalue weighted by Gasteiger charge is -2.05. The standard InChI is InChI=1S/C12H11F/c1-9-6-7-10(8-13)12-5-3-2-4-11(9)12/h2-7H,8H2,1H3. The Morgan fingerprint density at radius 2 is 1.69 bits per heavy atom. The molecule has 0 saturated carbocycles. The van der Waals surface area contributed by atoms with Crippen LogP contribution in [0, 0.1) is 6.92 Å². The second-order valence-corrected chi connectivity index (χ2v) is 3.22. The summed E-state index contributed by atoms with van der Waals surface area (Å²) in [7, 11) is 0. The van der Waals surface area contributed by atoms with Crippen LogP contribution in [0.4, 0.5) is 4.39 Å². The van der Waals surface area contributed by atoms with Crippen molar-refractivity contribution in [3.05, 3.63) is 47.5 Å². The first kappa shape index (κ1) is 8.24. The van der Waals surface area contributed by atoms with Crippen molar-refractivity contribution in [3.8, 4) is 0 Å². The molecule has 0 atom stereocenters. The van der Waals surface area contributed by atoms with Gasteiger partial charge in [0.1, 0.15) is 6.67 Å².